The number of hydrogen-bond donors (Lipinski definition) is 1. The lowest BCUT2D eigenvalue weighted by Crippen LogP contribution is -2.43. The van der Waals surface area contributed by atoms with Crippen LogP contribution in [0, 0.1) is 0 Å². The highest BCUT2D eigenvalue weighted by Gasteiger charge is 2.24. The third-order valence-corrected chi connectivity index (χ3v) is 3.82. The fraction of sp³-hybridized carbons (Fsp3) is 0.500. The molecule has 1 N–H and O–H groups in total. The molecule has 1 aromatic rings. The Morgan fingerprint density at radius 3 is 2.74 bits per heavy atom. The van der Waals surface area contributed by atoms with E-state index in [0.29, 0.717) is 0 Å². The number of rotatable bonds is 4. The van der Waals surface area contributed by atoms with Gasteiger partial charge in [0.2, 0.25) is 5.91 Å². The SMILES string of the molecule is CN(CCc1ccncc1)C(=O)C1CSCN1.Cl.Cl. The number of halogens is 2. The van der Waals surface area contributed by atoms with E-state index in [2.05, 4.69) is 10.3 Å². The lowest BCUT2D eigenvalue weighted by molar-refractivity contribution is -0.131. The minimum Gasteiger partial charge on any atom is -0.344 e. The average Bonchev–Trinajstić information content (AvgIpc) is 2.90. The van der Waals surface area contributed by atoms with Crippen LogP contribution >= 0.6 is 36.6 Å². The van der Waals surface area contributed by atoms with E-state index in [0.717, 1.165) is 24.6 Å². The molecule has 0 saturated carbocycles. The first kappa shape index (κ1) is 18.5. The molecule has 1 fully saturated rings. The number of carbonyl (C=O) groups excluding carboxylic acids is 1. The van der Waals surface area contributed by atoms with Crippen LogP contribution in [0.1, 0.15) is 5.56 Å². The fourth-order valence-electron chi connectivity index (χ4n) is 1.78. The highest BCUT2D eigenvalue weighted by molar-refractivity contribution is 7.99. The minimum absolute atomic E-state index is 0. The van der Waals surface area contributed by atoms with E-state index in [-0.39, 0.29) is 36.8 Å². The Morgan fingerprint density at radius 2 is 2.16 bits per heavy atom. The number of pyridine rings is 1. The van der Waals surface area contributed by atoms with Gasteiger partial charge in [-0.25, -0.2) is 0 Å². The summed E-state index contributed by atoms with van der Waals surface area (Å²) in [5.74, 6) is 1.97. The molecule has 19 heavy (non-hydrogen) atoms. The molecule has 108 valence electrons. The van der Waals surface area contributed by atoms with Crippen molar-refractivity contribution >= 4 is 42.5 Å². The molecule has 0 spiro atoms. The Bertz CT molecular complexity index is 374. The second-order valence-electron chi connectivity index (χ2n) is 4.14. The summed E-state index contributed by atoms with van der Waals surface area (Å²) in [6, 6.07) is 3.98. The summed E-state index contributed by atoms with van der Waals surface area (Å²) in [6.07, 6.45) is 4.45. The number of nitrogens with one attached hydrogen (secondary N) is 1. The zero-order valence-electron chi connectivity index (χ0n) is 10.7. The van der Waals surface area contributed by atoms with Crippen LogP contribution in [0.2, 0.25) is 0 Å². The average molecular weight is 324 g/mol. The topological polar surface area (TPSA) is 45.2 Å². The van der Waals surface area contributed by atoms with E-state index >= 15 is 0 Å². The van der Waals surface area contributed by atoms with E-state index in [1.165, 1.54) is 5.56 Å². The maximum Gasteiger partial charge on any atom is 0.240 e. The molecule has 1 unspecified atom stereocenters. The van der Waals surface area contributed by atoms with Crippen molar-refractivity contribution in [3.63, 3.8) is 0 Å². The highest BCUT2D eigenvalue weighted by atomic mass is 35.5. The van der Waals surface area contributed by atoms with Gasteiger partial charge in [-0.1, -0.05) is 0 Å². The predicted octanol–water partition coefficient (Wildman–Crippen LogP) is 1.59. The Morgan fingerprint density at radius 1 is 1.47 bits per heavy atom. The second kappa shape index (κ2) is 9.42. The van der Waals surface area contributed by atoms with Crippen LogP contribution in [0.25, 0.3) is 0 Å². The van der Waals surface area contributed by atoms with Crippen LogP contribution in [0.15, 0.2) is 24.5 Å². The van der Waals surface area contributed by atoms with Gasteiger partial charge in [-0.2, -0.15) is 0 Å². The molecule has 0 bridgehead atoms. The van der Waals surface area contributed by atoms with Gasteiger partial charge in [-0.05, 0) is 24.1 Å². The maximum atomic E-state index is 12.0. The molecule has 1 aliphatic rings. The molecule has 1 saturated heterocycles. The summed E-state index contributed by atoms with van der Waals surface area (Å²) in [5, 5.41) is 3.20. The van der Waals surface area contributed by atoms with Crippen molar-refractivity contribution < 1.29 is 4.79 Å². The smallest absolute Gasteiger partial charge is 0.240 e. The first-order valence-electron chi connectivity index (χ1n) is 5.72. The van der Waals surface area contributed by atoms with Gasteiger partial charge in [-0.15, -0.1) is 36.6 Å². The van der Waals surface area contributed by atoms with Crippen molar-refractivity contribution in [3.05, 3.63) is 30.1 Å². The Balaban J connectivity index is 0.00000162. The predicted molar refractivity (Wildman–Crippen MR) is 84.3 cm³/mol. The lowest BCUT2D eigenvalue weighted by Gasteiger charge is -2.20. The zero-order chi connectivity index (χ0) is 12.1. The largest absolute Gasteiger partial charge is 0.344 e. The molecule has 2 heterocycles. The van der Waals surface area contributed by atoms with Gasteiger partial charge in [0.25, 0.3) is 0 Å². The zero-order valence-corrected chi connectivity index (χ0v) is 13.2. The summed E-state index contributed by atoms with van der Waals surface area (Å²) in [4.78, 5) is 17.8. The lowest BCUT2D eigenvalue weighted by atomic mass is 10.2. The van der Waals surface area contributed by atoms with Gasteiger partial charge in [0.15, 0.2) is 0 Å². The number of nitrogens with zero attached hydrogens (tertiary/aromatic N) is 2. The molecular weight excluding hydrogens is 305 g/mol. The van der Waals surface area contributed by atoms with E-state index in [1.54, 1.807) is 24.2 Å². The van der Waals surface area contributed by atoms with E-state index in [4.69, 9.17) is 0 Å². The minimum atomic E-state index is 0. The van der Waals surface area contributed by atoms with Crippen molar-refractivity contribution in [2.45, 2.75) is 12.5 Å². The van der Waals surface area contributed by atoms with Crippen LogP contribution < -0.4 is 5.32 Å². The number of likely N-dealkylation sites (N-methyl/N-ethyl adjacent to an activating group) is 1. The van der Waals surface area contributed by atoms with Crippen molar-refractivity contribution in [1.82, 2.24) is 15.2 Å². The fourth-order valence-corrected chi connectivity index (χ4v) is 2.71. The summed E-state index contributed by atoms with van der Waals surface area (Å²) in [5.41, 5.74) is 1.22. The Labute approximate surface area is 130 Å². The van der Waals surface area contributed by atoms with Gasteiger partial charge in [0, 0.05) is 37.6 Å². The van der Waals surface area contributed by atoms with Gasteiger partial charge in [-0.3, -0.25) is 15.1 Å². The monoisotopic (exact) mass is 323 g/mol. The van der Waals surface area contributed by atoms with Crippen LogP contribution in [-0.4, -0.2) is 47.1 Å². The molecule has 0 radical (unpaired) electrons. The van der Waals surface area contributed by atoms with E-state index < -0.39 is 0 Å². The molecule has 1 atom stereocenters. The number of aromatic nitrogens is 1. The molecule has 7 heteroatoms. The summed E-state index contributed by atoms with van der Waals surface area (Å²) in [6.45, 7) is 0.756. The van der Waals surface area contributed by atoms with Crippen molar-refractivity contribution in [3.8, 4) is 0 Å². The van der Waals surface area contributed by atoms with Gasteiger partial charge in [0.1, 0.15) is 0 Å². The summed E-state index contributed by atoms with van der Waals surface area (Å²) < 4.78 is 0. The van der Waals surface area contributed by atoms with Crippen LogP contribution in [-0.2, 0) is 11.2 Å². The number of hydrogen-bond acceptors (Lipinski definition) is 4. The van der Waals surface area contributed by atoms with Gasteiger partial charge in [0.05, 0.1) is 6.04 Å². The highest BCUT2D eigenvalue weighted by Crippen LogP contribution is 2.11. The molecule has 0 aliphatic carbocycles. The number of amides is 1. The molecule has 1 aliphatic heterocycles. The molecule has 1 aromatic heterocycles. The number of thioether (sulfide) groups is 1. The van der Waals surface area contributed by atoms with Crippen LogP contribution in [0.4, 0.5) is 0 Å². The van der Waals surface area contributed by atoms with E-state index in [9.17, 15) is 4.79 Å². The standard InChI is InChI=1S/C12H17N3OS.2ClH/c1-15(12(16)11-8-17-9-14-11)7-4-10-2-5-13-6-3-10;;/h2-3,5-6,11,14H,4,7-9H2,1H3;2*1H. The van der Waals surface area contributed by atoms with Crippen molar-refractivity contribution in [2.24, 2.45) is 0 Å². The molecular formula is C12H19Cl2N3OS. The molecule has 1 amide bonds. The van der Waals surface area contributed by atoms with Gasteiger partial charge < -0.3 is 4.90 Å². The molecule has 0 aromatic carbocycles. The van der Waals surface area contributed by atoms with Crippen molar-refractivity contribution in [2.75, 3.05) is 25.2 Å². The second-order valence-corrected chi connectivity index (χ2v) is 5.17. The van der Waals surface area contributed by atoms with Crippen molar-refractivity contribution in [1.29, 1.82) is 0 Å². The first-order valence-corrected chi connectivity index (χ1v) is 6.88. The molecule has 2 rings (SSSR count). The third kappa shape index (κ3) is 5.57. The maximum absolute atomic E-state index is 12.0. The number of carbonyl (C=O) groups is 1. The summed E-state index contributed by atoms with van der Waals surface area (Å²) in [7, 11) is 1.87. The normalized spacial score (nSPS) is 17.2. The Kier molecular flexibility index (Phi) is 9.18. The molecule has 4 nitrogen and oxygen atoms in total. The quantitative estimate of drug-likeness (QED) is 0.914. The summed E-state index contributed by atoms with van der Waals surface area (Å²) >= 11 is 1.78. The van der Waals surface area contributed by atoms with Gasteiger partial charge >= 0.3 is 0 Å². The van der Waals surface area contributed by atoms with Crippen LogP contribution in [0.3, 0.4) is 0 Å². The Hall–Kier alpha value is -0.490. The third-order valence-electron chi connectivity index (χ3n) is 2.88. The van der Waals surface area contributed by atoms with E-state index in [1.807, 2.05) is 24.1 Å². The van der Waals surface area contributed by atoms with Crippen LogP contribution in [0.5, 0.6) is 0 Å². The first-order chi connectivity index (χ1) is 8.27.